The molecule has 0 heterocycles. The van der Waals surface area contributed by atoms with Gasteiger partial charge in [0.2, 0.25) is 0 Å². The van der Waals surface area contributed by atoms with Crippen molar-refractivity contribution in [1.82, 2.24) is 4.90 Å². The molecule has 0 fully saturated rings. The van der Waals surface area contributed by atoms with Gasteiger partial charge in [0.25, 0.3) is 0 Å². The van der Waals surface area contributed by atoms with Gasteiger partial charge >= 0.3 is 0 Å². The summed E-state index contributed by atoms with van der Waals surface area (Å²) in [5, 5.41) is 19.7. The molecule has 0 saturated heterocycles. The summed E-state index contributed by atoms with van der Waals surface area (Å²) in [7, 11) is 0. The van der Waals surface area contributed by atoms with Crippen molar-refractivity contribution in [3.8, 4) is 0 Å². The summed E-state index contributed by atoms with van der Waals surface area (Å²) in [4.78, 5) is 2.17. The molecule has 1 unspecified atom stereocenters. The van der Waals surface area contributed by atoms with Crippen LogP contribution in [-0.2, 0) is 6.54 Å². The highest BCUT2D eigenvalue weighted by Crippen LogP contribution is 2.18. The second kappa shape index (κ2) is 7.04. The molecule has 0 amide bonds. The lowest BCUT2D eigenvalue weighted by Gasteiger charge is -2.37. The van der Waals surface area contributed by atoms with Gasteiger partial charge in [0.05, 0.1) is 12.2 Å². The van der Waals surface area contributed by atoms with Crippen LogP contribution in [0.2, 0.25) is 0 Å². The third-order valence-corrected chi connectivity index (χ3v) is 3.24. The fourth-order valence-electron chi connectivity index (χ4n) is 2.35. The van der Waals surface area contributed by atoms with Crippen LogP contribution in [0.4, 0.5) is 0 Å². The molecule has 1 aromatic rings. The van der Waals surface area contributed by atoms with E-state index >= 15 is 0 Å². The Balaban J connectivity index is 2.85. The summed E-state index contributed by atoms with van der Waals surface area (Å²) in [6, 6.07) is 10.2. The predicted molar refractivity (Wildman–Crippen MR) is 78.9 cm³/mol. The van der Waals surface area contributed by atoms with Crippen molar-refractivity contribution in [2.24, 2.45) is 5.92 Å². The lowest BCUT2D eigenvalue weighted by atomic mass is 9.99. The van der Waals surface area contributed by atoms with Crippen LogP contribution in [0.1, 0.15) is 33.3 Å². The minimum atomic E-state index is -0.767. The second-order valence-electron chi connectivity index (χ2n) is 6.20. The molecular formula is C16H27NO2. The number of aliphatic hydroxyl groups excluding tert-OH is 1. The Morgan fingerprint density at radius 3 is 2.16 bits per heavy atom. The van der Waals surface area contributed by atoms with Crippen LogP contribution >= 0.6 is 0 Å². The highest BCUT2D eigenvalue weighted by atomic mass is 16.3. The maximum Gasteiger partial charge on any atom is 0.0718 e. The minimum Gasteiger partial charge on any atom is -0.395 e. The fraction of sp³-hybridized carbons (Fsp3) is 0.625. The summed E-state index contributed by atoms with van der Waals surface area (Å²) in [6.45, 7) is 9.21. The molecule has 3 nitrogen and oxygen atoms in total. The number of benzene rings is 1. The first-order chi connectivity index (χ1) is 8.83. The summed E-state index contributed by atoms with van der Waals surface area (Å²) >= 11 is 0. The number of aliphatic hydroxyl groups is 2. The first kappa shape index (κ1) is 16.2. The van der Waals surface area contributed by atoms with Gasteiger partial charge in [-0.1, -0.05) is 44.2 Å². The van der Waals surface area contributed by atoms with Crippen molar-refractivity contribution in [3.05, 3.63) is 35.9 Å². The summed E-state index contributed by atoms with van der Waals surface area (Å²) in [5.74, 6) is 0.344. The van der Waals surface area contributed by atoms with E-state index in [1.54, 1.807) is 13.8 Å². The Bertz CT molecular complexity index is 357. The molecule has 2 N–H and O–H groups in total. The second-order valence-corrected chi connectivity index (χ2v) is 6.20. The zero-order chi connectivity index (χ0) is 14.5. The van der Waals surface area contributed by atoms with Crippen molar-refractivity contribution in [2.75, 3.05) is 13.2 Å². The quantitative estimate of drug-likeness (QED) is 0.795. The molecule has 0 bridgehead atoms. The monoisotopic (exact) mass is 265 g/mol. The molecule has 108 valence electrons. The topological polar surface area (TPSA) is 43.7 Å². The molecule has 0 aromatic heterocycles. The normalized spacial score (nSPS) is 14.1. The SMILES string of the molecule is CC(C)C(CO)N(Cc1ccccc1)CC(C)(C)O. The number of nitrogens with zero attached hydrogens (tertiary/aromatic N) is 1. The van der Waals surface area contributed by atoms with Gasteiger partial charge in [-0.3, -0.25) is 4.90 Å². The van der Waals surface area contributed by atoms with Crippen LogP contribution < -0.4 is 0 Å². The third-order valence-electron chi connectivity index (χ3n) is 3.24. The Hall–Kier alpha value is -0.900. The van der Waals surface area contributed by atoms with Crippen LogP contribution in [0, 0.1) is 5.92 Å². The molecule has 0 aliphatic carbocycles. The molecule has 0 radical (unpaired) electrons. The molecule has 1 aromatic carbocycles. The molecule has 0 aliphatic heterocycles. The Morgan fingerprint density at radius 1 is 1.16 bits per heavy atom. The standard InChI is InChI=1S/C16H27NO2/c1-13(2)15(11-18)17(12-16(3,4)19)10-14-8-6-5-7-9-14/h5-9,13,15,18-19H,10-12H2,1-4H3. The average molecular weight is 265 g/mol. The lowest BCUT2D eigenvalue weighted by molar-refractivity contribution is -0.00534. The lowest BCUT2D eigenvalue weighted by Crippen LogP contribution is -2.47. The van der Waals surface area contributed by atoms with E-state index in [2.05, 4.69) is 30.9 Å². The smallest absolute Gasteiger partial charge is 0.0718 e. The number of hydrogen-bond donors (Lipinski definition) is 2. The minimum absolute atomic E-state index is 0.0617. The van der Waals surface area contributed by atoms with Crippen LogP contribution in [0.3, 0.4) is 0 Å². The largest absolute Gasteiger partial charge is 0.395 e. The van der Waals surface area contributed by atoms with Crippen molar-refractivity contribution < 1.29 is 10.2 Å². The van der Waals surface area contributed by atoms with Crippen LogP contribution in [0.5, 0.6) is 0 Å². The van der Waals surface area contributed by atoms with Gasteiger partial charge in [0.1, 0.15) is 0 Å². The maximum absolute atomic E-state index is 10.1. The van der Waals surface area contributed by atoms with E-state index in [1.165, 1.54) is 5.56 Å². The summed E-state index contributed by atoms with van der Waals surface area (Å²) in [5.41, 5.74) is 0.433. The Kier molecular flexibility index (Phi) is 5.98. The van der Waals surface area contributed by atoms with Crippen LogP contribution in [-0.4, -0.2) is 39.9 Å². The maximum atomic E-state index is 10.1. The van der Waals surface area contributed by atoms with E-state index in [4.69, 9.17) is 0 Å². The molecule has 1 rings (SSSR count). The Labute approximate surface area is 116 Å². The van der Waals surface area contributed by atoms with Crippen molar-refractivity contribution in [1.29, 1.82) is 0 Å². The van der Waals surface area contributed by atoms with Gasteiger partial charge in [-0.2, -0.15) is 0 Å². The van der Waals surface area contributed by atoms with Gasteiger partial charge < -0.3 is 10.2 Å². The van der Waals surface area contributed by atoms with E-state index in [0.29, 0.717) is 12.5 Å². The summed E-state index contributed by atoms with van der Waals surface area (Å²) in [6.07, 6.45) is 0. The first-order valence-electron chi connectivity index (χ1n) is 6.94. The van der Waals surface area contributed by atoms with Crippen LogP contribution in [0.15, 0.2) is 30.3 Å². The van der Waals surface area contributed by atoms with Gasteiger partial charge in [0.15, 0.2) is 0 Å². The van der Waals surface area contributed by atoms with E-state index in [9.17, 15) is 10.2 Å². The molecule has 0 spiro atoms. The molecule has 1 atom stereocenters. The molecule has 19 heavy (non-hydrogen) atoms. The highest BCUT2D eigenvalue weighted by Gasteiger charge is 2.26. The van der Waals surface area contributed by atoms with Crippen molar-refractivity contribution in [2.45, 2.75) is 45.9 Å². The van der Waals surface area contributed by atoms with E-state index < -0.39 is 5.60 Å². The van der Waals surface area contributed by atoms with Crippen molar-refractivity contribution >= 4 is 0 Å². The zero-order valence-electron chi connectivity index (χ0n) is 12.5. The molecule has 0 aliphatic rings. The molecular weight excluding hydrogens is 238 g/mol. The number of rotatable bonds is 7. The van der Waals surface area contributed by atoms with Gasteiger partial charge in [-0.05, 0) is 25.3 Å². The highest BCUT2D eigenvalue weighted by molar-refractivity contribution is 5.14. The molecule has 0 saturated carbocycles. The van der Waals surface area contributed by atoms with Crippen molar-refractivity contribution in [3.63, 3.8) is 0 Å². The molecule has 3 heteroatoms. The number of hydrogen-bond acceptors (Lipinski definition) is 3. The Morgan fingerprint density at radius 2 is 1.74 bits per heavy atom. The average Bonchev–Trinajstić information content (AvgIpc) is 2.28. The van der Waals surface area contributed by atoms with E-state index in [-0.39, 0.29) is 12.6 Å². The predicted octanol–water partition coefficient (Wildman–Crippen LogP) is 2.28. The van der Waals surface area contributed by atoms with Gasteiger partial charge in [0, 0.05) is 19.1 Å². The van der Waals surface area contributed by atoms with E-state index in [1.807, 2.05) is 18.2 Å². The summed E-state index contributed by atoms with van der Waals surface area (Å²) < 4.78 is 0. The van der Waals surface area contributed by atoms with Gasteiger partial charge in [-0.15, -0.1) is 0 Å². The first-order valence-corrected chi connectivity index (χ1v) is 6.94. The van der Waals surface area contributed by atoms with E-state index in [0.717, 1.165) is 6.54 Å². The van der Waals surface area contributed by atoms with Crippen LogP contribution in [0.25, 0.3) is 0 Å². The van der Waals surface area contributed by atoms with Gasteiger partial charge in [-0.25, -0.2) is 0 Å². The zero-order valence-corrected chi connectivity index (χ0v) is 12.5. The fourth-order valence-corrected chi connectivity index (χ4v) is 2.35. The third kappa shape index (κ3) is 5.72.